The Balaban J connectivity index is 1.98. The molecule has 0 unspecified atom stereocenters. The standard InChI is InChI=1S/C11H12N2OS/c12-7-9-6-11(3-4-13-9)15-8-10-2-1-5-14-10/h1-6H,7-8,12H2. The van der Waals surface area contributed by atoms with Crippen LogP contribution >= 0.6 is 11.8 Å². The van der Waals surface area contributed by atoms with E-state index in [1.54, 1.807) is 24.2 Å². The van der Waals surface area contributed by atoms with E-state index in [9.17, 15) is 0 Å². The highest BCUT2D eigenvalue weighted by molar-refractivity contribution is 7.98. The van der Waals surface area contributed by atoms with E-state index < -0.39 is 0 Å². The lowest BCUT2D eigenvalue weighted by Gasteiger charge is -2.01. The normalized spacial score (nSPS) is 10.5. The fraction of sp³-hybridized carbons (Fsp3) is 0.182. The molecule has 2 aromatic heterocycles. The maximum Gasteiger partial charge on any atom is 0.113 e. The van der Waals surface area contributed by atoms with Crippen molar-refractivity contribution in [2.75, 3.05) is 0 Å². The molecule has 0 saturated carbocycles. The van der Waals surface area contributed by atoms with Crippen molar-refractivity contribution < 1.29 is 4.42 Å². The molecule has 0 aliphatic rings. The molecule has 0 aliphatic carbocycles. The molecule has 0 spiro atoms. The largest absolute Gasteiger partial charge is 0.468 e. The zero-order chi connectivity index (χ0) is 10.5. The summed E-state index contributed by atoms with van der Waals surface area (Å²) in [6.07, 6.45) is 3.47. The van der Waals surface area contributed by atoms with Gasteiger partial charge >= 0.3 is 0 Å². The maximum absolute atomic E-state index is 5.52. The van der Waals surface area contributed by atoms with Gasteiger partial charge in [-0.15, -0.1) is 11.8 Å². The van der Waals surface area contributed by atoms with Gasteiger partial charge in [-0.1, -0.05) is 0 Å². The topological polar surface area (TPSA) is 52.0 Å². The molecule has 78 valence electrons. The molecule has 4 heteroatoms. The Bertz CT molecular complexity index is 414. The van der Waals surface area contributed by atoms with Crippen LogP contribution in [0.4, 0.5) is 0 Å². The first-order valence-corrected chi connectivity index (χ1v) is 5.67. The second-order valence-corrected chi connectivity index (χ2v) is 4.10. The third-order valence-corrected chi connectivity index (χ3v) is 2.97. The minimum atomic E-state index is 0.481. The Hall–Kier alpha value is -1.26. The molecule has 3 nitrogen and oxygen atoms in total. The molecule has 15 heavy (non-hydrogen) atoms. The lowest BCUT2D eigenvalue weighted by molar-refractivity contribution is 0.530. The Labute approximate surface area is 92.7 Å². The zero-order valence-corrected chi connectivity index (χ0v) is 9.04. The van der Waals surface area contributed by atoms with Crippen LogP contribution in [0.3, 0.4) is 0 Å². The molecule has 0 bridgehead atoms. The van der Waals surface area contributed by atoms with Crippen molar-refractivity contribution in [3.8, 4) is 0 Å². The van der Waals surface area contributed by atoms with Crippen LogP contribution in [0, 0.1) is 0 Å². The smallest absolute Gasteiger partial charge is 0.113 e. The second-order valence-electron chi connectivity index (χ2n) is 3.06. The van der Waals surface area contributed by atoms with E-state index in [1.807, 2.05) is 24.3 Å². The van der Waals surface area contributed by atoms with E-state index in [0.717, 1.165) is 17.2 Å². The first-order valence-electron chi connectivity index (χ1n) is 4.68. The Morgan fingerprint density at radius 1 is 1.40 bits per heavy atom. The molecule has 0 saturated heterocycles. The van der Waals surface area contributed by atoms with Crippen LogP contribution in [-0.2, 0) is 12.3 Å². The average Bonchev–Trinajstić information content (AvgIpc) is 2.79. The molecule has 0 fully saturated rings. The van der Waals surface area contributed by atoms with Crippen molar-refractivity contribution in [1.82, 2.24) is 4.98 Å². The van der Waals surface area contributed by atoms with E-state index in [4.69, 9.17) is 10.2 Å². The molecule has 0 aromatic carbocycles. The molecule has 2 rings (SSSR count). The zero-order valence-electron chi connectivity index (χ0n) is 8.22. The van der Waals surface area contributed by atoms with E-state index in [0.29, 0.717) is 6.54 Å². The van der Waals surface area contributed by atoms with Gasteiger partial charge in [-0.3, -0.25) is 4.98 Å². The molecule has 2 N–H and O–H groups in total. The van der Waals surface area contributed by atoms with Crippen LogP contribution in [0.15, 0.2) is 46.0 Å². The summed E-state index contributed by atoms with van der Waals surface area (Å²) in [6.45, 7) is 0.481. The van der Waals surface area contributed by atoms with Crippen molar-refractivity contribution in [3.05, 3.63) is 48.2 Å². The van der Waals surface area contributed by atoms with Crippen LogP contribution < -0.4 is 5.73 Å². The van der Waals surface area contributed by atoms with Gasteiger partial charge in [0.2, 0.25) is 0 Å². The summed E-state index contributed by atoms with van der Waals surface area (Å²) in [5.41, 5.74) is 6.44. The number of nitrogens with zero attached hydrogens (tertiary/aromatic N) is 1. The van der Waals surface area contributed by atoms with Gasteiger partial charge in [0.25, 0.3) is 0 Å². The van der Waals surface area contributed by atoms with Crippen LogP contribution in [0.2, 0.25) is 0 Å². The molecular weight excluding hydrogens is 208 g/mol. The number of nitrogens with two attached hydrogens (primary N) is 1. The number of aromatic nitrogens is 1. The molecule has 0 aliphatic heterocycles. The third kappa shape index (κ3) is 2.84. The first-order chi connectivity index (χ1) is 7.38. The lowest BCUT2D eigenvalue weighted by Crippen LogP contribution is -1.98. The van der Waals surface area contributed by atoms with Crippen molar-refractivity contribution in [3.63, 3.8) is 0 Å². The number of thioether (sulfide) groups is 1. The Morgan fingerprint density at radius 2 is 2.33 bits per heavy atom. The summed E-state index contributed by atoms with van der Waals surface area (Å²) in [5.74, 6) is 1.81. The monoisotopic (exact) mass is 220 g/mol. The van der Waals surface area contributed by atoms with Crippen LogP contribution in [-0.4, -0.2) is 4.98 Å². The first kappa shape index (κ1) is 10.3. The minimum absolute atomic E-state index is 0.481. The molecule has 0 radical (unpaired) electrons. The number of furan rings is 1. The Kier molecular flexibility index (Phi) is 3.42. The molecule has 2 aromatic rings. The lowest BCUT2D eigenvalue weighted by atomic mass is 10.3. The Morgan fingerprint density at radius 3 is 3.07 bits per heavy atom. The van der Waals surface area contributed by atoms with Gasteiger partial charge in [0.15, 0.2) is 0 Å². The SMILES string of the molecule is NCc1cc(SCc2ccco2)ccn1. The quantitative estimate of drug-likeness (QED) is 0.804. The predicted octanol–water partition coefficient (Wildman–Crippen LogP) is 2.43. The summed E-state index contributed by atoms with van der Waals surface area (Å²) in [7, 11) is 0. The van der Waals surface area contributed by atoms with Crippen molar-refractivity contribution in [2.24, 2.45) is 5.73 Å². The maximum atomic E-state index is 5.52. The highest BCUT2D eigenvalue weighted by Gasteiger charge is 1.99. The van der Waals surface area contributed by atoms with Gasteiger partial charge in [0.1, 0.15) is 5.76 Å². The van der Waals surface area contributed by atoms with Crippen LogP contribution in [0.5, 0.6) is 0 Å². The molecule has 2 heterocycles. The molecule has 0 amide bonds. The summed E-state index contributed by atoms with van der Waals surface area (Å²) >= 11 is 1.72. The van der Waals surface area contributed by atoms with Crippen LogP contribution in [0.1, 0.15) is 11.5 Å². The third-order valence-electron chi connectivity index (χ3n) is 1.96. The van der Waals surface area contributed by atoms with E-state index in [1.165, 1.54) is 4.90 Å². The highest BCUT2D eigenvalue weighted by Crippen LogP contribution is 2.22. The fourth-order valence-electron chi connectivity index (χ4n) is 1.21. The summed E-state index contributed by atoms with van der Waals surface area (Å²) in [5, 5.41) is 0. The van der Waals surface area contributed by atoms with Gasteiger partial charge in [-0.2, -0.15) is 0 Å². The number of hydrogen-bond donors (Lipinski definition) is 1. The van der Waals surface area contributed by atoms with Gasteiger partial charge in [-0.05, 0) is 24.3 Å². The summed E-state index contributed by atoms with van der Waals surface area (Å²) in [6, 6.07) is 7.85. The number of rotatable bonds is 4. The van der Waals surface area contributed by atoms with Gasteiger partial charge < -0.3 is 10.2 Å². The van der Waals surface area contributed by atoms with Crippen LogP contribution in [0.25, 0.3) is 0 Å². The highest BCUT2D eigenvalue weighted by atomic mass is 32.2. The predicted molar refractivity (Wildman–Crippen MR) is 60.4 cm³/mol. The van der Waals surface area contributed by atoms with E-state index in [2.05, 4.69) is 4.98 Å². The summed E-state index contributed by atoms with van der Waals surface area (Å²) in [4.78, 5) is 5.31. The van der Waals surface area contributed by atoms with E-state index >= 15 is 0 Å². The second kappa shape index (κ2) is 5.00. The van der Waals surface area contributed by atoms with E-state index in [-0.39, 0.29) is 0 Å². The molecule has 0 atom stereocenters. The number of hydrogen-bond acceptors (Lipinski definition) is 4. The van der Waals surface area contributed by atoms with Crippen molar-refractivity contribution in [1.29, 1.82) is 0 Å². The summed E-state index contributed by atoms with van der Waals surface area (Å²) < 4.78 is 5.25. The number of pyridine rings is 1. The van der Waals surface area contributed by atoms with Gasteiger partial charge in [0, 0.05) is 17.6 Å². The van der Waals surface area contributed by atoms with Gasteiger partial charge in [-0.25, -0.2) is 0 Å². The fourth-order valence-corrected chi connectivity index (χ4v) is 2.06. The minimum Gasteiger partial charge on any atom is -0.468 e. The average molecular weight is 220 g/mol. The molecular formula is C11H12N2OS. The van der Waals surface area contributed by atoms with Crippen molar-refractivity contribution >= 4 is 11.8 Å². The van der Waals surface area contributed by atoms with Gasteiger partial charge in [0.05, 0.1) is 17.7 Å². The van der Waals surface area contributed by atoms with Crippen molar-refractivity contribution in [2.45, 2.75) is 17.2 Å².